The second kappa shape index (κ2) is 8.19. The summed E-state index contributed by atoms with van der Waals surface area (Å²) in [5, 5.41) is 14.4. The average Bonchev–Trinajstić information content (AvgIpc) is 2.49. The summed E-state index contributed by atoms with van der Waals surface area (Å²) >= 11 is 0. The Hall–Kier alpha value is -2.77. The Morgan fingerprint density at radius 1 is 1.17 bits per heavy atom. The van der Waals surface area contributed by atoms with Crippen LogP contribution in [-0.4, -0.2) is 42.4 Å². The van der Waals surface area contributed by atoms with E-state index in [1.807, 2.05) is 0 Å². The Kier molecular flexibility index (Phi) is 6.58. The van der Waals surface area contributed by atoms with Crippen molar-refractivity contribution < 1.29 is 29.0 Å². The molecular weight excluding hydrogens is 316 g/mol. The van der Waals surface area contributed by atoms with Gasteiger partial charge in [-0.25, -0.2) is 9.59 Å². The molecule has 0 fully saturated rings. The number of rotatable bonds is 6. The highest BCUT2D eigenvalue weighted by atomic mass is 16.6. The van der Waals surface area contributed by atoms with Crippen LogP contribution in [0.25, 0.3) is 0 Å². The largest absolute Gasteiger partial charge is 0.479 e. The second-order valence-electron chi connectivity index (χ2n) is 5.97. The number of ether oxygens (including phenoxy) is 2. The van der Waals surface area contributed by atoms with E-state index >= 15 is 0 Å². The van der Waals surface area contributed by atoms with Crippen molar-refractivity contribution in [3.63, 3.8) is 0 Å². The molecule has 0 bridgehead atoms. The van der Waals surface area contributed by atoms with E-state index in [2.05, 4.69) is 15.4 Å². The average molecular weight is 338 g/mol. The minimum Gasteiger partial charge on any atom is -0.479 e. The van der Waals surface area contributed by atoms with E-state index in [0.29, 0.717) is 11.3 Å². The van der Waals surface area contributed by atoms with Crippen LogP contribution in [0.1, 0.15) is 32.4 Å². The van der Waals surface area contributed by atoms with Crippen molar-refractivity contribution in [2.45, 2.75) is 32.4 Å². The number of nitrogens with one attached hydrogen (secondary N) is 2. The molecule has 8 heteroatoms. The van der Waals surface area contributed by atoms with Gasteiger partial charge in [0.25, 0.3) is 0 Å². The summed E-state index contributed by atoms with van der Waals surface area (Å²) < 4.78 is 9.57. The Morgan fingerprint density at radius 3 is 2.21 bits per heavy atom. The zero-order valence-corrected chi connectivity index (χ0v) is 14.1. The van der Waals surface area contributed by atoms with Crippen LogP contribution in [0.5, 0.6) is 0 Å². The summed E-state index contributed by atoms with van der Waals surface area (Å²) in [4.78, 5) is 34.2. The number of methoxy groups -OCH3 is 1. The van der Waals surface area contributed by atoms with Crippen molar-refractivity contribution in [2.24, 2.45) is 0 Å². The molecular formula is C16H22N2O6. The topological polar surface area (TPSA) is 114 Å². The van der Waals surface area contributed by atoms with Crippen LogP contribution in [0.4, 0.5) is 10.5 Å². The van der Waals surface area contributed by atoms with E-state index in [-0.39, 0.29) is 6.54 Å². The number of aliphatic carboxylic acids is 1. The SMILES string of the molecule is COC(=O)CNc1ccc([C@@H](NC(=O)OC(C)(C)C)C(=O)O)cc1. The van der Waals surface area contributed by atoms with Crippen LogP contribution in [0.2, 0.25) is 0 Å². The molecule has 0 radical (unpaired) electrons. The first-order chi connectivity index (χ1) is 11.1. The van der Waals surface area contributed by atoms with E-state index in [0.717, 1.165) is 0 Å². The molecule has 0 aliphatic heterocycles. The van der Waals surface area contributed by atoms with Gasteiger partial charge in [-0.05, 0) is 38.5 Å². The maximum Gasteiger partial charge on any atom is 0.408 e. The smallest absolute Gasteiger partial charge is 0.408 e. The Balaban J connectivity index is 2.77. The maximum atomic E-state index is 11.8. The van der Waals surface area contributed by atoms with Gasteiger partial charge in [-0.2, -0.15) is 0 Å². The van der Waals surface area contributed by atoms with Gasteiger partial charge in [0, 0.05) is 5.69 Å². The van der Waals surface area contributed by atoms with Gasteiger partial charge in [-0.15, -0.1) is 0 Å². The Bertz CT molecular complexity index is 592. The highest BCUT2D eigenvalue weighted by molar-refractivity contribution is 5.81. The molecule has 0 saturated carbocycles. The molecule has 24 heavy (non-hydrogen) atoms. The lowest BCUT2D eigenvalue weighted by atomic mass is 10.1. The van der Waals surface area contributed by atoms with Crippen molar-refractivity contribution in [2.75, 3.05) is 19.0 Å². The summed E-state index contributed by atoms with van der Waals surface area (Å²) in [6, 6.07) is 5.04. The van der Waals surface area contributed by atoms with Gasteiger partial charge in [0.05, 0.1) is 7.11 Å². The highest BCUT2D eigenvalue weighted by Crippen LogP contribution is 2.18. The van der Waals surface area contributed by atoms with Crippen LogP contribution < -0.4 is 10.6 Å². The van der Waals surface area contributed by atoms with Crippen molar-refractivity contribution in [3.05, 3.63) is 29.8 Å². The third kappa shape index (κ3) is 6.55. The molecule has 0 spiro atoms. The predicted octanol–water partition coefficient (Wildman–Crippen LogP) is 1.92. The van der Waals surface area contributed by atoms with Crippen molar-refractivity contribution in [1.29, 1.82) is 0 Å². The van der Waals surface area contributed by atoms with Gasteiger partial charge in [0.2, 0.25) is 0 Å². The fraction of sp³-hybridized carbons (Fsp3) is 0.438. The second-order valence-corrected chi connectivity index (χ2v) is 5.97. The number of carbonyl (C=O) groups excluding carboxylic acids is 2. The van der Waals surface area contributed by atoms with E-state index in [4.69, 9.17) is 4.74 Å². The number of carbonyl (C=O) groups is 3. The molecule has 1 aromatic rings. The molecule has 0 aliphatic carbocycles. The Morgan fingerprint density at radius 2 is 1.75 bits per heavy atom. The fourth-order valence-electron chi connectivity index (χ4n) is 1.75. The fourth-order valence-corrected chi connectivity index (χ4v) is 1.75. The molecule has 1 aromatic carbocycles. The zero-order chi connectivity index (χ0) is 18.3. The number of carboxylic acids is 1. The standard InChI is InChI=1S/C16H22N2O6/c1-16(2,3)24-15(22)18-13(14(20)21)10-5-7-11(8-6-10)17-9-12(19)23-4/h5-8,13,17H,9H2,1-4H3,(H,18,22)(H,20,21)/t13-/m1/s1. The molecule has 0 unspecified atom stereocenters. The van der Waals surface area contributed by atoms with Crippen LogP contribution in [0, 0.1) is 0 Å². The van der Waals surface area contributed by atoms with E-state index in [1.165, 1.54) is 19.2 Å². The summed E-state index contributed by atoms with van der Waals surface area (Å²) in [7, 11) is 1.28. The van der Waals surface area contributed by atoms with Gasteiger partial charge < -0.3 is 25.2 Å². The van der Waals surface area contributed by atoms with Gasteiger partial charge >= 0.3 is 18.0 Å². The minimum absolute atomic E-state index is 0.00559. The van der Waals surface area contributed by atoms with Crippen LogP contribution in [0.3, 0.4) is 0 Å². The van der Waals surface area contributed by atoms with Crippen molar-refractivity contribution >= 4 is 23.7 Å². The number of esters is 1. The molecule has 1 amide bonds. The molecule has 0 aliphatic rings. The quantitative estimate of drug-likeness (QED) is 0.679. The van der Waals surface area contributed by atoms with Gasteiger partial charge in [0.1, 0.15) is 12.1 Å². The van der Waals surface area contributed by atoms with Gasteiger partial charge in [-0.3, -0.25) is 4.79 Å². The number of alkyl carbamates (subject to hydrolysis) is 1. The molecule has 1 rings (SSSR count). The van der Waals surface area contributed by atoms with Crippen LogP contribution in [-0.2, 0) is 19.1 Å². The van der Waals surface area contributed by atoms with Crippen LogP contribution in [0.15, 0.2) is 24.3 Å². The molecule has 132 valence electrons. The number of carboxylic acid groups (broad SMARTS) is 1. The lowest BCUT2D eigenvalue weighted by molar-refractivity contribution is -0.140. The summed E-state index contributed by atoms with van der Waals surface area (Å²) in [5.74, 6) is -1.63. The maximum absolute atomic E-state index is 11.8. The van der Waals surface area contributed by atoms with E-state index in [9.17, 15) is 19.5 Å². The van der Waals surface area contributed by atoms with E-state index in [1.54, 1.807) is 32.9 Å². The third-order valence-electron chi connectivity index (χ3n) is 2.82. The normalized spacial score (nSPS) is 12.0. The number of anilines is 1. The summed E-state index contributed by atoms with van der Waals surface area (Å²) in [5.41, 5.74) is 0.261. The number of hydrogen-bond donors (Lipinski definition) is 3. The molecule has 3 N–H and O–H groups in total. The number of hydrogen-bond acceptors (Lipinski definition) is 6. The molecule has 0 heterocycles. The van der Waals surface area contributed by atoms with Crippen molar-refractivity contribution in [3.8, 4) is 0 Å². The summed E-state index contributed by atoms with van der Waals surface area (Å²) in [6.07, 6.45) is -0.817. The van der Waals surface area contributed by atoms with Gasteiger partial charge in [0.15, 0.2) is 6.04 Å². The van der Waals surface area contributed by atoms with Crippen LogP contribution >= 0.6 is 0 Å². The molecule has 0 aromatic heterocycles. The van der Waals surface area contributed by atoms with Crippen molar-refractivity contribution in [1.82, 2.24) is 5.32 Å². The zero-order valence-electron chi connectivity index (χ0n) is 14.1. The first kappa shape index (κ1) is 19.3. The first-order valence-electron chi connectivity index (χ1n) is 7.25. The minimum atomic E-state index is -1.24. The molecule has 0 saturated heterocycles. The predicted molar refractivity (Wildman–Crippen MR) is 86.7 cm³/mol. The lowest BCUT2D eigenvalue weighted by Crippen LogP contribution is -2.38. The summed E-state index contributed by atoms with van der Waals surface area (Å²) in [6.45, 7) is 5.05. The molecule has 8 nitrogen and oxygen atoms in total. The lowest BCUT2D eigenvalue weighted by Gasteiger charge is -2.22. The van der Waals surface area contributed by atoms with E-state index < -0.39 is 29.7 Å². The van der Waals surface area contributed by atoms with Gasteiger partial charge in [-0.1, -0.05) is 12.1 Å². The number of benzene rings is 1. The first-order valence-corrected chi connectivity index (χ1v) is 7.25. The number of amides is 1. The monoisotopic (exact) mass is 338 g/mol. The molecule has 1 atom stereocenters. The highest BCUT2D eigenvalue weighted by Gasteiger charge is 2.25. The Labute approximate surface area is 140 Å². The third-order valence-corrected chi connectivity index (χ3v) is 2.82.